The molecular weight excluding hydrogens is 271 g/mol. The third-order valence-corrected chi connectivity index (χ3v) is 2.84. The van der Waals surface area contributed by atoms with Crippen molar-refractivity contribution >= 4 is 24.8 Å². The minimum Gasteiger partial charge on any atom is -0.311 e. The van der Waals surface area contributed by atoms with Gasteiger partial charge in [-0.25, -0.2) is 0 Å². The number of hydrogen-bond acceptors (Lipinski definition) is 3. The molecule has 0 unspecified atom stereocenters. The number of rotatable bonds is 8. The molecule has 108 valence electrons. The van der Waals surface area contributed by atoms with Gasteiger partial charge in [-0.2, -0.15) is 5.10 Å². The molecule has 6 heteroatoms. The molecule has 0 spiro atoms. The highest BCUT2D eigenvalue weighted by Gasteiger charge is 1.99. The SMILES string of the molecule is CCN(CC)CCNCc1cnn(CC)c1.Cl.Cl. The lowest BCUT2D eigenvalue weighted by Gasteiger charge is -2.17. The first-order valence-electron chi connectivity index (χ1n) is 6.24. The first-order valence-corrected chi connectivity index (χ1v) is 6.24. The van der Waals surface area contributed by atoms with Crippen molar-refractivity contribution in [2.45, 2.75) is 33.9 Å². The standard InChI is InChI=1S/C12H24N4.2ClH/c1-4-15(5-2)8-7-13-9-12-10-14-16(6-3)11-12;;/h10-11,13H,4-9H2,1-3H3;2*1H. The van der Waals surface area contributed by atoms with Gasteiger partial charge in [0.25, 0.3) is 0 Å². The zero-order valence-electron chi connectivity index (χ0n) is 11.6. The Labute approximate surface area is 123 Å². The highest BCUT2D eigenvalue weighted by atomic mass is 35.5. The van der Waals surface area contributed by atoms with E-state index in [4.69, 9.17) is 0 Å². The minimum absolute atomic E-state index is 0. The second-order valence-corrected chi connectivity index (χ2v) is 3.91. The Morgan fingerprint density at radius 1 is 1.22 bits per heavy atom. The van der Waals surface area contributed by atoms with Crippen LogP contribution >= 0.6 is 24.8 Å². The van der Waals surface area contributed by atoms with Gasteiger partial charge in [0.2, 0.25) is 0 Å². The van der Waals surface area contributed by atoms with Crippen molar-refractivity contribution in [2.24, 2.45) is 0 Å². The number of halogens is 2. The van der Waals surface area contributed by atoms with Gasteiger partial charge in [-0.1, -0.05) is 13.8 Å². The van der Waals surface area contributed by atoms with Crippen molar-refractivity contribution in [1.29, 1.82) is 0 Å². The highest BCUT2D eigenvalue weighted by Crippen LogP contribution is 1.96. The average Bonchev–Trinajstić information content (AvgIpc) is 2.77. The second-order valence-electron chi connectivity index (χ2n) is 3.91. The van der Waals surface area contributed by atoms with E-state index in [2.05, 4.69) is 42.3 Å². The molecule has 0 radical (unpaired) electrons. The topological polar surface area (TPSA) is 33.1 Å². The van der Waals surface area contributed by atoms with Crippen LogP contribution in [0.25, 0.3) is 0 Å². The summed E-state index contributed by atoms with van der Waals surface area (Å²) in [6, 6.07) is 0. The first kappa shape index (κ1) is 20.0. The van der Waals surface area contributed by atoms with Gasteiger partial charge in [0.05, 0.1) is 6.20 Å². The Kier molecular flexibility index (Phi) is 13.1. The molecule has 18 heavy (non-hydrogen) atoms. The monoisotopic (exact) mass is 296 g/mol. The Balaban J connectivity index is 0. The molecule has 1 aromatic heterocycles. The number of likely N-dealkylation sites (N-methyl/N-ethyl adjacent to an activating group) is 1. The van der Waals surface area contributed by atoms with Gasteiger partial charge < -0.3 is 10.2 Å². The summed E-state index contributed by atoms with van der Waals surface area (Å²) >= 11 is 0. The third-order valence-electron chi connectivity index (χ3n) is 2.84. The minimum atomic E-state index is 0. The molecule has 0 bridgehead atoms. The molecule has 1 rings (SSSR count). The smallest absolute Gasteiger partial charge is 0.0534 e. The molecule has 0 aliphatic carbocycles. The van der Waals surface area contributed by atoms with E-state index in [0.717, 1.165) is 39.3 Å². The molecule has 1 heterocycles. The van der Waals surface area contributed by atoms with E-state index in [1.54, 1.807) is 0 Å². The first-order chi connectivity index (χ1) is 7.80. The molecule has 0 atom stereocenters. The number of nitrogens with one attached hydrogen (secondary N) is 1. The summed E-state index contributed by atoms with van der Waals surface area (Å²) in [4.78, 5) is 2.42. The second kappa shape index (κ2) is 11.8. The van der Waals surface area contributed by atoms with Crippen LogP contribution in [0.3, 0.4) is 0 Å². The fourth-order valence-corrected chi connectivity index (χ4v) is 1.68. The Bertz CT molecular complexity index is 287. The van der Waals surface area contributed by atoms with Crippen LogP contribution < -0.4 is 5.32 Å². The van der Waals surface area contributed by atoms with Crippen LogP contribution in [0.2, 0.25) is 0 Å². The van der Waals surface area contributed by atoms with Gasteiger partial charge in [0.15, 0.2) is 0 Å². The summed E-state index contributed by atoms with van der Waals surface area (Å²) in [5, 5.41) is 7.69. The molecule has 1 aromatic rings. The highest BCUT2D eigenvalue weighted by molar-refractivity contribution is 5.85. The lowest BCUT2D eigenvalue weighted by Crippen LogP contribution is -2.31. The van der Waals surface area contributed by atoms with Crippen LogP contribution in [0.5, 0.6) is 0 Å². The van der Waals surface area contributed by atoms with Gasteiger partial charge >= 0.3 is 0 Å². The summed E-state index contributed by atoms with van der Waals surface area (Å²) in [5.41, 5.74) is 1.27. The van der Waals surface area contributed by atoms with Crippen LogP contribution in [-0.4, -0.2) is 40.9 Å². The van der Waals surface area contributed by atoms with Crippen LogP contribution in [0.15, 0.2) is 12.4 Å². The number of hydrogen-bond donors (Lipinski definition) is 1. The molecule has 0 saturated heterocycles. The van der Waals surface area contributed by atoms with Gasteiger partial charge in [0.1, 0.15) is 0 Å². The summed E-state index contributed by atoms with van der Waals surface area (Å²) in [5.74, 6) is 0. The molecule has 1 N–H and O–H groups in total. The predicted octanol–water partition coefficient (Wildman–Crippen LogP) is 2.18. The number of aryl methyl sites for hydroxylation is 1. The largest absolute Gasteiger partial charge is 0.311 e. The van der Waals surface area contributed by atoms with Crippen molar-refractivity contribution in [3.8, 4) is 0 Å². The van der Waals surface area contributed by atoms with E-state index >= 15 is 0 Å². The normalized spacial score (nSPS) is 10.0. The van der Waals surface area contributed by atoms with Crippen LogP contribution in [-0.2, 0) is 13.1 Å². The fourth-order valence-electron chi connectivity index (χ4n) is 1.68. The molecule has 0 aliphatic heterocycles. The number of nitrogens with zero attached hydrogens (tertiary/aromatic N) is 3. The summed E-state index contributed by atoms with van der Waals surface area (Å²) in [6.07, 6.45) is 4.04. The van der Waals surface area contributed by atoms with E-state index in [1.165, 1.54) is 5.56 Å². The molecule has 0 amide bonds. The molecule has 4 nitrogen and oxygen atoms in total. The summed E-state index contributed by atoms with van der Waals surface area (Å²) in [7, 11) is 0. The summed E-state index contributed by atoms with van der Waals surface area (Å²) < 4.78 is 1.96. The van der Waals surface area contributed by atoms with Crippen molar-refractivity contribution in [2.75, 3.05) is 26.2 Å². The van der Waals surface area contributed by atoms with E-state index in [9.17, 15) is 0 Å². The molecule has 0 saturated carbocycles. The van der Waals surface area contributed by atoms with Gasteiger partial charge in [-0.3, -0.25) is 4.68 Å². The van der Waals surface area contributed by atoms with Crippen LogP contribution in [0.4, 0.5) is 0 Å². The maximum absolute atomic E-state index is 4.25. The van der Waals surface area contributed by atoms with Crippen molar-refractivity contribution in [3.63, 3.8) is 0 Å². The third kappa shape index (κ3) is 7.21. The van der Waals surface area contributed by atoms with Gasteiger partial charge in [0, 0.05) is 37.9 Å². The average molecular weight is 297 g/mol. The Morgan fingerprint density at radius 3 is 2.39 bits per heavy atom. The van der Waals surface area contributed by atoms with Crippen molar-refractivity contribution in [3.05, 3.63) is 18.0 Å². The lowest BCUT2D eigenvalue weighted by atomic mass is 10.3. The molecule has 0 fully saturated rings. The van der Waals surface area contributed by atoms with Crippen molar-refractivity contribution in [1.82, 2.24) is 20.0 Å². The van der Waals surface area contributed by atoms with Crippen molar-refractivity contribution < 1.29 is 0 Å². The predicted molar refractivity (Wildman–Crippen MR) is 81.9 cm³/mol. The number of aromatic nitrogens is 2. The molecule has 0 aliphatic rings. The molecule has 0 aromatic carbocycles. The fraction of sp³-hybridized carbons (Fsp3) is 0.750. The zero-order chi connectivity index (χ0) is 11.8. The van der Waals surface area contributed by atoms with E-state index in [-0.39, 0.29) is 24.8 Å². The van der Waals surface area contributed by atoms with E-state index in [1.807, 2.05) is 10.9 Å². The van der Waals surface area contributed by atoms with Crippen LogP contribution in [0, 0.1) is 0 Å². The van der Waals surface area contributed by atoms with E-state index < -0.39 is 0 Å². The van der Waals surface area contributed by atoms with Gasteiger partial charge in [-0.15, -0.1) is 24.8 Å². The van der Waals surface area contributed by atoms with E-state index in [0.29, 0.717) is 0 Å². The van der Waals surface area contributed by atoms with Gasteiger partial charge in [-0.05, 0) is 20.0 Å². The maximum atomic E-state index is 4.25. The zero-order valence-corrected chi connectivity index (χ0v) is 13.2. The summed E-state index contributed by atoms with van der Waals surface area (Å²) in [6.45, 7) is 12.8. The quantitative estimate of drug-likeness (QED) is 0.747. The maximum Gasteiger partial charge on any atom is 0.0534 e. The molecular formula is C12H26Cl2N4. The lowest BCUT2D eigenvalue weighted by molar-refractivity contribution is 0.302. The Hall–Kier alpha value is -0.290. The van der Waals surface area contributed by atoms with Crippen LogP contribution in [0.1, 0.15) is 26.3 Å². The Morgan fingerprint density at radius 2 is 1.89 bits per heavy atom.